The standard InChI is InChI=1S/C20H22N6OS/c1-15-21-8-11-26(15)14-18-13-23-19(28-18)24-20(27)25-9-5-16(6-10-25)12-17-4-2-3-7-22-17/h2-4,7-8,11-13H,5-6,9-10,14H2,1H3,(H,23,24,27). The summed E-state index contributed by atoms with van der Waals surface area (Å²) in [5.41, 5.74) is 2.30. The summed E-state index contributed by atoms with van der Waals surface area (Å²) in [6, 6.07) is 5.81. The number of pyridine rings is 1. The number of nitrogens with one attached hydrogen (secondary N) is 1. The molecule has 0 aliphatic carbocycles. The normalized spacial score (nSPS) is 14.2. The molecule has 1 saturated heterocycles. The van der Waals surface area contributed by atoms with Crippen molar-refractivity contribution in [3.05, 3.63) is 65.0 Å². The van der Waals surface area contributed by atoms with Crippen LogP contribution in [0.15, 0.2) is 48.6 Å². The summed E-state index contributed by atoms with van der Waals surface area (Å²) in [5.74, 6) is 0.960. The second-order valence-corrected chi connectivity index (χ2v) is 7.82. The zero-order valence-electron chi connectivity index (χ0n) is 15.7. The molecule has 1 N–H and O–H groups in total. The Morgan fingerprint density at radius 2 is 2.07 bits per heavy atom. The van der Waals surface area contributed by atoms with E-state index in [1.807, 2.05) is 42.4 Å². The van der Waals surface area contributed by atoms with Crippen molar-refractivity contribution < 1.29 is 4.79 Å². The van der Waals surface area contributed by atoms with Crippen molar-refractivity contribution in [1.82, 2.24) is 24.4 Å². The summed E-state index contributed by atoms with van der Waals surface area (Å²) in [7, 11) is 0. The zero-order chi connectivity index (χ0) is 19.3. The molecule has 0 aromatic carbocycles. The number of rotatable bonds is 4. The summed E-state index contributed by atoms with van der Waals surface area (Å²) >= 11 is 1.50. The highest BCUT2D eigenvalue weighted by Crippen LogP contribution is 2.22. The predicted octanol–water partition coefficient (Wildman–Crippen LogP) is 3.80. The first-order chi connectivity index (χ1) is 13.7. The molecular weight excluding hydrogens is 372 g/mol. The number of amides is 2. The van der Waals surface area contributed by atoms with Crippen LogP contribution in [0.1, 0.15) is 29.2 Å². The molecule has 4 rings (SSSR count). The molecule has 2 amide bonds. The molecule has 0 atom stereocenters. The second kappa shape index (κ2) is 8.35. The molecular formula is C20H22N6OS. The maximum atomic E-state index is 12.5. The molecule has 0 spiro atoms. The molecule has 4 heterocycles. The van der Waals surface area contributed by atoms with E-state index < -0.39 is 0 Å². The van der Waals surface area contributed by atoms with Gasteiger partial charge in [0.05, 0.1) is 12.2 Å². The summed E-state index contributed by atoms with van der Waals surface area (Å²) in [5, 5.41) is 3.56. The monoisotopic (exact) mass is 394 g/mol. The van der Waals surface area contributed by atoms with Crippen LogP contribution in [-0.4, -0.2) is 43.5 Å². The van der Waals surface area contributed by atoms with Crippen LogP contribution in [0.5, 0.6) is 0 Å². The van der Waals surface area contributed by atoms with E-state index in [-0.39, 0.29) is 6.03 Å². The van der Waals surface area contributed by atoms with Gasteiger partial charge in [0.1, 0.15) is 5.82 Å². The van der Waals surface area contributed by atoms with Crippen LogP contribution in [-0.2, 0) is 6.54 Å². The average molecular weight is 395 g/mol. The Balaban J connectivity index is 1.30. The van der Waals surface area contributed by atoms with Gasteiger partial charge in [-0.3, -0.25) is 10.3 Å². The Kier molecular flexibility index (Phi) is 5.48. The highest BCUT2D eigenvalue weighted by Gasteiger charge is 2.20. The van der Waals surface area contributed by atoms with Gasteiger partial charge in [0.2, 0.25) is 0 Å². The minimum atomic E-state index is -0.0865. The van der Waals surface area contributed by atoms with E-state index in [1.165, 1.54) is 16.9 Å². The van der Waals surface area contributed by atoms with Crippen molar-refractivity contribution >= 4 is 28.6 Å². The lowest BCUT2D eigenvalue weighted by Gasteiger charge is -2.28. The van der Waals surface area contributed by atoms with Crippen molar-refractivity contribution in [2.45, 2.75) is 26.3 Å². The van der Waals surface area contributed by atoms with E-state index in [0.29, 0.717) is 24.8 Å². The van der Waals surface area contributed by atoms with Gasteiger partial charge in [0, 0.05) is 42.8 Å². The summed E-state index contributed by atoms with van der Waals surface area (Å²) in [4.78, 5) is 28.4. The molecule has 1 aliphatic heterocycles. The summed E-state index contributed by atoms with van der Waals surface area (Å²) < 4.78 is 2.05. The van der Waals surface area contributed by atoms with Gasteiger partial charge in [-0.15, -0.1) is 0 Å². The number of nitrogens with zero attached hydrogens (tertiary/aromatic N) is 5. The van der Waals surface area contributed by atoms with E-state index >= 15 is 0 Å². The molecule has 1 fully saturated rings. The predicted molar refractivity (Wildman–Crippen MR) is 110 cm³/mol. The SMILES string of the molecule is Cc1nccn1Cc1cnc(NC(=O)N2CCC(=Cc3ccccn3)CC2)s1. The Hall–Kier alpha value is -3.00. The highest BCUT2D eigenvalue weighted by atomic mass is 32.1. The van der Waals surface area contributed by atoms with Gasteiger partial charge >= 0.3 is 6.03 Å². The van der Waals surface area contributed by atoms with Gasteiger partial charge in [-0.25, -0.2) is 14.8 Å². The molecule has 0 unspecified atom stereocenters. The Morgan fingerprint density at radius 1 is 1.21 bits per heavy atom. The minimum Gasteiger partial charge on any atom is -0.330 e. The quantitative estimate of drug-likeness (QED) is 0.730. The van der Waals surface area contributed by atoms with Crippen LogP contribution in [0.4, 0.5) is 9.93 Å². The third-order valence-electron chi connectivity index (χ3n) is 4.75. The molecule has 0 saturated carbocycles. The first-order valence-electron chi connectivity index (χ1n) is 9.26. The molecule has 1 aliphatic rings. The highest BCUT2D eigenvalue weighted by molar-refractivity contribution is 7.15. The largest absolute Gasteiger partial charge is 0.330 e. The zero-order valence-corrected chi connectivity index (χ0v) is 16.5. The molecule has 144 valence electrons. The number of likely N-dealkylation sites (tertiary alicyclic amines) is 1. The fourth-order valence-corrected chi connectivity index (χ4v) is 3.96. The van der Waals surface area contributed by atoms with Crippen molar-refractivity contribution in [3.8, 4) is 0 Å². The molecule has 3 aromatic rings. The third-order valence-corrected chi connectivity index (χ3v) is 5.65. The number of carbonyl (C=O) groups is 1. The minimum absolute atomic E-state index is 0.0865. The van der Waals surface area contributed by atoms with Crippen LogP contribution in [0, 0.1) is 6.92 Å². The first kappa shape index (κ1) is 18.4. The summed E-state index contributed by atoms with van der Waals surface area (Å²) in [6.07, 6.45) is 11.2. The van der Waals surface area contributed by atoms with E-state index in [9.17, 15) is 4.79 Å². The molecule has 28 heavy (non-hydrogen) atoms. The van der Waals surface area contributed by atoms with Crippen LogP contribution in [0.3, 0.4) is 0 Å². The topological polar surface area (TPSA) is 75.9 Å². The van der Waals surface area contributed by atoms with Crippen LogP contribution in [0.25, 0.3) is 6.08 Å². The average Bonchev–Trinajstić information content (AvgIpc) is 3.32. The number of anilines is 1. The molecule has 3 aromatic heterocycles. The van der Waals surface area contributed by atoms with Crippen molar-refractivity contribution in [2.75, 3.05) is 18.4 Å². The fraction of sp³-hybridized carbons (Fsp3) is 0.300. The van der Waals surface area contributed by atoms with Gasteiger partial charge in [0.25, 0.3) is 0 Å². The van der Waals surface area contributed by atoms with Crippen molar-refractivity contribution in [1.29, 1.82) is 0 Å². The molecule has 0 radical (unpaired) electrons. The fourth-order valence-electron chi connectivity index (χ4n) is 3.16. The lowest BCUT2D eigenvalue weighted by Crippen LogP contribution is -2.39. The first-order valence-corrected chi connectivity index (χ1v) is 10.1. The van der Waals surface area contributed by atoms with E-state index in [0.717, 1.165) is 29.2 Å². The van der Waals surface area contributed by atoms with Gasteiger partial charge in [0.15, 0.2) is 5.13 Å². The molecule has 7 nitrogen and oxygen atoms in total. The lowest BCUT2D eigenvalue weighted by atomic mass is 10.0. The number of hydrogen-bond acceptors (Lipinski definition) is 5. The lowest BCUT2D eigenvalue weighted by molar-refractivity contribution is 0.208. The number of imidazole rings is 1. The van der Waals surface area contributed by atoms with Gasteiger partial charge in [-0.1, -0.05) is 23.0 Å². The Bertz CT molecular complexity index is 968. The smallest absolute Gasteiger partial charge is 0.323 e. The van der Waals surface area contributed by atoms with Gasteiger partial charge in [-0.05, 0) is 38.0 Å². The van der Waals surface area contributed by atoms with E-state index in [2.05, 4.69) is 30.9 Å². The maximum Gasteiger partial charge on any atom is 0.323 e. The number of carbonyl (C=O) groups excluding carboxylic acids is 1. The van der Waals surface area contributed by atoms with E-state index in [1.54, 1.807) is 12.4 Å². The van der Waals surface area contributed by atoms with Crippen LogP contribution in [0.2, 0.25) is 0 Å². The third kappa shape index (κ3) is 4.45. The number of urea groups is 1. The van der Waals surface area contributed by atoms with Gasteiger partial charge in [-0.2, -0.15) is 0 Å². The van der Waals surface area contributed by atoms with E-state index in [4.69, 9.17) is 0 Å². The maximum absolute atomic E-state index is 12.5. The van der Waals surface area contributed by atoms with Crippen molar-refractivity contribution in [3.63, 3.8) is 0 Å². The number of hydrogen-bond donors (Lipinski definition) is 1. The second-order valence-electron chi connectivity index (χ2n) is 6.71. The van der Waals surface area contributed by atoms with Gasteiger partial charge < -0.3 is 9.47 Å². The number of aryl methyl sites for hydroxylation is 1. The van der Waals surface area contributed by atoms with Crippen LogP contribution >= 0.6 is 11.3 Å². The van der Waals surface area contributed by atoms with Crippen LogP contribution < -0.4 is 5.32 Å². The number of aromatic nitrogens is 4. The summed E-state index contributed by atoms with van der Waals surface area (Å²) in [6.45, 7) is 4.09. The van der Waals surface area contributed by atoms with Crippen molar-refractivity contribution in [2.24, 2.45) is 0 Å². The number of thiazole rings is 1. The Morgan fingerprint density at radius 3 is 2.79 bits per heavy atom. The molecule has 8 heteroatoms. The molecule has 0 bridgehead atoms. The Labute approximate surface area is 167 Å². The number of piperidine rings is 1.